The second-order valence-corrected chi connectivity index (χ2v) is 7.51. The molecule has 1 aromatic carbocycles. The van der Waals surface area contributed by atoms with Crippen LogP contribution in [-0.4, -0.2) is 39.4 Å². The zero-order chi connectivity index (χ0) is 22.9. The van der Waals surface area contributed by atoms with Crippen LogP contribution in [0, 0.1) is 6.92 Å². The van der Waals surface area contributed by atoms with Crippen molar-refractivity contribution in [1.29, 1.82) is 0 Å². The Balaban J connectivity index is 0.00000141. The summed E-state index contributed by atoms with van der Waals surface area (Å²) >= 11 is 0. The van der Waals surface area contributed by atoms with Crippen molar-refractivity contribution >= 4 is 11.8 Å². The van der Waals surface area contributed by atoms with Crippen molar-refractivity contribution in [3.63, 3.8) is 0 Å². The van der Waals surface area contributed by atoms with Gasteiger partial charge in [0.2, 0.25) is 11.8 Å². The molecule has 1 unspecified atom stereocenters. The summed E-state index contributed by atoms with van der Waals surface area (Å²) in [4.78, 5) is 31.2. The van der Waals surface area contributed by atoms with Crippen molar-refractivity contribution in [2.75, 3.05) is 6.54 Å². The van der Waals surface area contributed by atoms with Crippen LogP contribution in [-0.2, 0) is 22.6 Å². The number of nitrogens with one attached hydrogen (secondary N) is 1. The Morgan fingerprint density at radius 3 is 2.59 bits per heavy atom. The molecular weight excluding hydrogens is 404 g/mol. The van der Waals surface area contributed by atoms with Crippen LogP contribution in [0.2, 0.25) is 0 Å². The number of likely N-dealkylation sites (tertiary alicyclic amines) is 1. The molecular formula is C25H30N4O3. The second-order valence-electron chi connectivity index (χ2n) is 7.51. The predicted molar refractivity (Wildman–Crippen MR) is 123 cm³/mol. The van der Waals surface area contributed by atoms with Gasteiger partial charge in [-0.1, -0.05) is 49.3 Å². The molecule has 32 heavy (non-hydrogen) atoms. The third-order valence-electron chi connectivity index (χ3n) is 5.29. The van der Waals surface area contributed by atoms with Gasteiger partial charge < -0.3 is 14.7 Å². The van der Waals surface area contributed by atoms with Crippen LogP contribution in [0.25, 0.3) is 11.1 Å². The maximum atomic E-state index is 12.7. The van der Waals surface area contributed by atoms with Crippen LogP contribution >= 0.6 is 0 Å². The van der Waals surface area contributed by atoms with E-state index < -0.39 is 6.04 Å². The van der Waals surface area contributed by atoms with Crippen LogP contribution in [0.5, 0.6) is 0 Å². The zero-order valence-electron chi connectivity index (χ0n) is 18.9. The minimum atomic E-state index is -0.434. The van der Waals surface area contributed by atoms with Crippen molar-refractivity contribution in [1.82, 2.24) is 20.4 Å². The lowest BCUT2D eigenvalue weighted by Crippen LogP contribution is -2.46. The molecule has 0 spiro atoms. The zero-order valence-corrected chi connectivity index (χ0v) is 18.9. The van der Waals surface area contributed by atoms with Gasteiger partial charge in [-0.05, 0) is 42.5 Å². The van der Waals surface area contributed by atoms with E-state index in [1.165, 1.54) is 0 Å². The molecule has 3 heterocycles. The normalized spacial score (nSPS) is 15.1. The predicted octanol–water partition coefficient (Wildman–Crippen LogP) is 3.92. The molecule has 1 fully saturated rings. The number of hydrogen-bond donors (Lipinski definition) is 1. The van der Waals surface area contributed by atoms with Crippen molar-refractivity contribution < 1.29 is 14.1 Å². The SMILES string of the molecule is CC.Cc1cc(CC(=O)N2CCCC2C(=O)NCc2ccc(-c3cccnc3)cc2)on1. The summed E-state index contributed by atoms with van der Waals surface area (Å²) in [7, 11) is 0. The first-order chi connectivity index (χ1) is 15.6. The second kappa shape index (κ2) is 11.2. The Kier molecular flexibility index (Phi) is 8.14. The Morgan fingerprint density at radius 1 is 1.16 bits per heavy atom. The number of amides is 2. The van der Waals surface area contributed by atoms with E-state index in [9.17, 15) is 9.59 Å². The smallest absolute Gasteiger partial charge is 0.243 e. The number of carbonyl (C=O) groups excluding carboxylic acids is 2. The topological polar surface area (TPSA) is 88.3 Å². The maximum absolute atomic E-state index is 12.7. The molecule has 1 atom stereocenters. The van der Waals surface area contributed by atoms with Crippen LogP contribution in [0.3, 0.4) is 0 Å². The molecule has 7 heteroatoms. The Hall–Kier alpha value is -3.48. The van der Waals surface area contributed by atoms with Gasteiger partial charge in [0.1, 0.15) is 11.8 Å². The van der Waals surface area contributed by atoms with Crippen LogP contribution in [0.1, 0.15) is 43.7 Å². The van der Waals surface area contributed by atoms with E-state index in [1.54, 1.807) is 17.2 Å². The molecule has 0 aliphatic carbocycles. The third kappa shape index (κ3) is 5.81. The van der Waals surface area contributed by atoms with Gasteiger partial charge in [0.15, 0.2) is 0 Å². The fraction of sp³-hybridized carbons (Fsp3) is 0.360. The van der Waals surface area contributed by atoms with E-state index >= 15 is 0 Å². The van der Waals surface area contributed by atoms with Crippen LogP contribution in [0.4, 0.5) is 0 Å². The highest BCUT2D eigenvalue weighted by Gasteiger charge is 2.34. The van der Waals surface area contributed by atoms with Crippen LogP contribution in [0.15, 0.2) is 59.4 Å². The molecule has 1 aliphatic rings. The first-order valence-corrected chi connectivity index (χ1v) is 11.1. The van der Waals surface area contributed by atoms with E-state index in [2.05, 4.69) is 15.5 Å². The minimum Gasteiger partial charge on any atom is -0.361 e. The average Bonchev–Trinajstić information content (AvgIpc) is 3.49. The lowest BCUT2D eigenvalue weighted by Gasteiger charge is -2.23. The molecule has 1 aliphatic heterocycles. The van der Waals surface area contributed by atoms with Gasteiger partial charge in [0.25, 0.3) is 0 Å². The molecule has 1 saturated heterocycles. The molecule has 2 aromatic heterocycles. The fourth-order valence-electron chi connectivity index (χ4n) is 3.74. The largest absolute Gasteiger partial charge is 0.361 e. The summed E-state index contributed by atoms with van der Waals surface area (Å²) in [5, 5.41) is 6.78. The molecule has 168 valence electrons. The Morgan fingerprint density at radius 2 is 1.94 bits per heavy atom. The summed E-state index contributed by atoms with van der Waals surface area (Å²) < 4.78 is 5.14. The molecule has 0 radical (unpaired) electrons. The number of benzene rings is 1. The number of aromatic nitrogens is 2. The van der Waals surface area contributed by atoms with E-state index in [-0.39, 0.29) is 18.2 Å². The van der Waals surface area contributed by atoms with Crippen molar-refractivity contribution in [2.45, 2.75) is 52.6 Å². The lowest BCUT2D eigenvalue weighted by molar-refractivity contribution is -0.138. The van der Waals surface area contributed by atoms with Crippen molar-refractivity contribution in [3.8, 4) is 11.1 Å². The van der Waals surface area contributed by atoms with E-state index in [0.717, 1.165) is 28.8 Å². The number of carbonyl (C=O) groups is 2. The van der Waals surface area contributed by atoms with Gasteiger partial charge in [0, 0.05) is 31.5 Å². The highest BCUT2D eigenvalue weighted by molar-refractivity contribution is 5.88. The summed E-state index contributed by atoms with van der Waals surface area (Å²) in [5.74, 6) is 0.299. The van der Waals surface area contributed by atoms with E-state index in [0.29, 0.717) is 25.3 Å². The molecule has 0 bridgehead atoms. The third-order valence-corrected chi connectivity index (χ3v) is 5.29. The maximum Gasteiger partial charge on any atom is 0.243 e. The number of rotatable bonds is 6. The Bertz CT molecular complexity index is 1020. The first kappa shape index (κ1) is 23.2. The first-order valence-electron chi connectivity index (χ1n) is 11.1. The van der Waals surface area contributed by atoms with Gasteiger partial charge in [-0.25, -0.2) is 0 Å². The fourth-order valence-corrected chi connectivity index (χ4v) is 3.74. The van der Waals surface area contributed by atoms with Gasteiger partial charge in [0.05, 0.1) is 12.1 Å². The number of hydrogen-bond acceptors (Lipinski definition) is 5. The Labute approximate surface area is 188 Å². The standard InChI is InChI=1S/C23H24N4O3.C2H6/c1-16-12-20(30-26-16)13-22(28)27-11-3-5-21(27)23(29)25-14-17-6-8-18(9-7-17)19-4-2-10-24-15-19;1-2/h2,4,6-10,12,15,21H,3,5,11,13-14H2,1H3,(H,25,29);1-2H3. The molecule has 7 nitrogen and oxygen atoms in total. The molecule has 3 aromatic rings. The van der Waals surface area contributed by atoms with Crippen LogP contribution < -0.4 is 5.32 Å². The number of nitrogens with zero attached hydrogens (tertiary/aromatic N) is 3. The molecule has 0 saturated carbocycles. The monoisotopic (exact) mass is 434 g/mol. The minimum absolute atomic E-state index is 0.107. The van der Waals surface area contributed by atoms with Gasteiger partial charge in [-0.3, -0.25) is 14.6 Å². The van der Waals surface area contributed by atoms with Gasteiger partial charge >= 0.3 is 0 Å². The average molecular weight is 435 g/mol. The molecule has 1 N–H and O–H groups in total. The summed E-state index contributed by atoms with van der Waals surface area (Å²) in [6.07, 6.45) is 5.19. The number of aryl methyl sites for hydroxylation is 1. The highest BCUT2D eigenvalue weighted by atomic mass is 16.5. The van der Waals surface area contributed by atoms with E-state index in [4.69, 9.17) is 4.52 Å². The number of pyridine rings is 1. The molecule has 4 rings (SSSR count). The van der Waals surface area contributed by atoms with Gasteiger partial charge in [-0.15, -0.1) is 0 Å². The molecule has 2 amide bonds. The summed E-state index contributed by atoms with van der Waals surface area (Å²) in [6, 6.07) is 13.2. The highest BCUT2D eigenvalue weighted by Crippen LogP contribution is 2.20. The summed E-state index contributed by atoms with van der Waals surface area (Å²) in [5.41, 5.74) is 3.87. The van der Waals surface area contributed by atoms with Crippen molar-refractivity contribution in [2.24, 2.45) is 0 Å². The quantitative estimate of drug-likeness (QED) is 0.635. The lowest BCUT2D eigenvalue weighted by atomic mass is 10.1. The van der Waals surface area contributed by atoms with Gasteiger partial charge in [-0.2, -0.15) is 0 Å². The van der Waals surface area contributed by atoms with Crippen molar-refractivity contribution in [3.05, 3.63) is 71.9 Å². The summed E-state index contributed by atoms with van der Waals surface area (Å²) in [6.45, 7) is 6.82. The van der Waals surface area contributed by atoms with E-state index in [1.807, 2.05) is 63.4 Å².